The Kier molecular flexibility index (Phi) is 7.24. The van der Waals surface area contributed by atoms with Gasteiger partial charge in [0.25, 0.3) is 0 Å². The maximum absolute atomic E-state index is 11.6. The molecule has 15 heavy (non-hydrogen) atoms. The van der Waals surface area contributed by atoms with Gasteiger partial charge in [-0.1, -0.05) is 12.2 Å². The van der Waals surface area contributed by atoms with E-state index in [4.69, 9.17) is 0 Å². The maximum Gasteiger partial charge on any atom is 0.316 e. The van der Waals surface area contributed by atoms with Gasteiger partial charge in [-0.3, -0.25) is 9.59 Å². The molecule has 0 aromatic rings. The zero-order valence-electron chi connectivity index (χ0n) is 9.20. The minimum atomic E-state index is -0.645. The van der Waals surface area contributed by atoms with E-state index in [1.165, 1.54) is 7.11 Å². The number of carbonyl (C=O) groups excluding carboxylic acids is 2. The lowest BCUT2D eigenvalue weighted by molar-refractivity contribution is -0.149. The Morgan fingerprint density at radius 3 is 2.33 bits per heavy atom. The van der Waals surface area contributed by atoms with Crippen molar-refractivity contribution < 1.29 is 14.3 Å². The van der Waals surface area contributed by atoms with Gasteiger partial charge in [-0.05, 0) is 19.3 Å². The van der Waals surface area contributed by atoms with Crippen molar-refractivity contribution >= 4 is 11.8 Å². The van der Waals surface area contributed by atoms with Crippen LogP contribution >= 0.6 is 0 Å². The van der Waals surface area contributed by atoms with Crippen LogP contribution in [0.3, 0.4) is 0 Å². The number of Topliss-reactive ketones (excluding diaryl/α,β-unsaturated/α-hetero) is 1. The van der Waals surface area contributed by atoms with Crippen molar-refractivity contribution in [2.45, 2.75) is 25.7 Å². The van der Waals surface area contributed by atoms with Crippen LogP contribution < -0.4 is 0 Å². The molecular formula is C12H18O3. The van der Waals surface area contributed by atoms with E-state index in [1.54, 1.807) is 12.2 Å². The smallest absolute Gasteiger partial charge is 0.316 e. The molecule has 0 heterocycles. The molecule has 0 N–H and O–H groups in total. The van der Waals surface area contributed by atoms with Gasteiger partial charge in [-0.25, -0.2) is 0 Å². The average molecular weight is 210 g/mol. The molecule has 0 aliphatic carbocycles. The summed E-state index contributed by atoms with van der Waals surface area (Å²) in [5.41, 5.74) is 0. The molecule has 0 radical (unpaired) electrons. The molecule has 0 saturated carbocycles. The molecule has 0 bridgehead atoms. The van der Waals surface area contributed by atoms with Crippen molar-refractivity contribution in [3.05, 3.63) is 25.3 Å². The van der Waals surface area contributed by atoms with Crippen molar-refractivity contribution in [3.63, 3.8) is 0 Å². The third kappa shape index (κ3) is 5.15. The number of hydrogen-bond donors (Lipinski definition) is 0. The van der Waals surface area contributed by atoms with E-state index >= 15 is 0 Å². The second-order valence-corrected chi connectivity index (χ2v) is 3.24. The van der Waals surface area contributed by atoms with Crippen LogP contribution in [0.25, 0.3) is 0 Å². The summed E-state index contributed by atoms with van der Waals surface area (Å²) in [5, 5.41) is 0. The second kappa shape index (κ2) is 7.97. The summed E-state index contributed by atoms with van der Waals surface area (Å²) in [6.45, 7) is 7.09. The van der Waals surface area contributed by atoms with Crippen molar-refractivity contribution in [2.24, 2.45) is 5.92 Å². The molecule has 0 spiro atoms. The molecule has 0 aromatic heterocycles. The summed E-state index contributed by atoms with van der Waals surface area (Å²) in [6.07, 6.45) is 5.42. The van der Waals surface area contributed by atoms with Gasteiger partial charge in [0.2, 0.25) is 0 Å². The molecule has 0 amide bonds. The van der Waals surface area contributed by atoms with E-state index < -0.39 is 11.9 Å². The monoisotopic (exact) mass is 210 g/mol. The first kappa shape index (κ1) is 13.6. The van der Waals surface area contributed by atoms with Gasteiger partial charge in [0.15, 0.2) is 0 Å². The molecule has 0 aliphatic heterocycles. The van der Waals surface area contributed by atoms with E-state index in [1.807, 2.05) is 0 Å². The van der Waals surface area contributed by atoms with Gasteiger partial charge in [-0.15, -0.1) is 13.2 Å². The highest BCUT2D eigenvalue weighted by atomic mass is 16.5. The first-order chi connectivity index (χ1) is 7.17. The Morgan fingerprint density at radius 1 is 1.27 bits per heavy atom. The van der Waals surface area contributed by atoms with E-state index in [2.05, 4.69) is 17.9 Å². The normalized spacial score (nSPS) is 11.5. The highest BCUT2D eigenvalue weighted by Gasteiger charge is 2.25. The Hall–Kier alpha value is -1.38. The van der Waals surface area contributed by atoms with Crippen LogP contribution in [0.4, 0.5) is 0 Å². The summed E-state index contributed by atoms with van der Waals surface area (Å²) in [6, 6.07) is 0. The van der Waals surface area contributed by atoms with Crippen molar-refractivity contribution in [1.29, 1.82) is 0 Å². The summed E-state index contributed by atoms with van der Waals surface area (Å²) in [5.74, 6) is -1.18. The third-order valence-corrected chi connectivity index (χ3v) is 2.13. The van der Waals surface area contributed by atoms with Crippen molar-refractivity contribution in [3.8, 4) is 0 Å². The molecule has 3 nitrogen and oxygen atoms in total. The molecule has 84 valence electrons. The van der Waals surface area contributed by atoms with Crippen molar-refractivity contribution in [1.82, 2.24) is 0 Å². The van der Waals surface area contributed by atoms with Crippen LogP contribution in [0, 0.1) is 5.92 Å². The van der Waals surface area contributed by atoms with E-state index in [9.17, 15) is 9.59 Å². The first-order valence-corrected chi connectivity index (χ1v) is 4.99. The summed E-state index contributed by atoms with van der Waals surface area (Å²) in [7, 11) is 1.30. The summed E-state index contributed by atoms with van der Waals surface area (Å²) in [4.78, 5) is 22.9. The van der Waals surface area contributed by atoms with E-state index in [-0.39, 0.29) is 5.78 Å². The second-order valence-electron chi connectivity index (χ2n) is 3.24. The SMILES string of the molecule is C=CCCC(=O)C(CCC=C)C(=O)OC. The van der Waals surface area contributed by atoms with Crippen LogP contribution in [0.1, 0.15) is 25.7 Å². The van der Waals surface area contributed by atoms with E-state index in [0.717, 1.165) is 0 Å². The number of allylic oxidation sites excluding steroid dienone is 2. The lowest BCUT2D eigenvalue weighted by Crippen LogP contribution is -2.25. The molecule has 0 rings (SSSR count). The zero-order valence-corrected chi connectivity index (χ0v) is 9.20. The molecule has 3 heteroatoms. The number of methoxy groups -OCH3 is 1. The predicted octanol–water partition coefficient (Wildman–Crippen LogP) is 2.28. The van der Waals surface area contributed by atoms with E-state index in [0.29, 0.717) is 25.7 Å². The Morgan fingerprint density at radius 2 is 1.87 bits per heavy atom. The molecule has 0 aliphatic rings. The van der Waals surface area contributed by atoms with Gasteiger partial charge in [-0.2, -0.15) is 0 Å². The van der Waals surface area contributed by atoms with Crippen LogP contribution in [-0.4, -0.2) is 18.9 Å². The predicted molar refractivity (Wildman–Crippen MR) is 59.4 cm³/mol. The molecule has 0 saturated heterocycles. The fourth-order valence-electron chi connectivity index (χ4n) is 1.26. The molecule has 0 aromatic carbocycles. The Labute approximate surface area is 90.8 Å². The lowest BCUT2D eigenvalue weighted by atomic mass is 9.95. The zero-order chi connectivity index (χ0) is 11.7. The van der Waals surface area contributed by atoms with Crippen LogP contribution in [0.2, 0.25) is 0 Å². The molecular weight excluding hydrogens is 192 g/mol. The first-order valence-electron chi connectivity index (χ1n) is 4.99. The topological polar surface area (TPSA) is 43.4 Å². The molecule has 1 unspecified atom stereocenters. The van der Waals surface area contributed by atoms with Gasteiger partial charge < -0.3 is 4.74 Å². The third-order valence-electron chi connectivity index (χ3n) is 2.13. The Bertz CT molecular complexity index is 243. The summed E-state index contributed by atoms with van der Waals surface area (Å²) < 4.78 is 4.59. The minimum absolute atomic E-state index is 0.0800. The standard InChI is InChI=1S/C12H18O3/c1-4-6-8-10(12(14)15-3)11(13)9-7-5-2/h4-5,10H,1-2,6-9H2,3H3. The fourth-order valence-corrected chi connectivity index (χ4v) is 1.26. The highest BCUT2D eigenvalue weighted by molar-refractivity contribution is 5.98. The molecule has 1 atom stereocenters. The number of rotatable bonds is 8. The lowest BCUT2D eigenvalue weighted by Gasteiger charge is -2.11. The Balaban J connectivity index is 4.32. The summed E-state index contributed by atoms with van der Waals surface area (Å²) >= 11 is 0. The van der Waals surface area contributed by atoms with Gasteiger partial charge in [0.1, 0.15) is 11.7 Å². The maximum atomic E-state index is 11.6. The largest absolute Gasteiger partial charge is 0.468 e. The number of hydrogen-bond acceptors (Lipinski definition) is 3. The minimum Gasteiger partial charge on any atom is -0.468 e. The van der Waals surface area contributed by atoms with Gasteiger partial charge in [0.05, 0.1) is 7.11 Å². The molecule has 0 fully saturated rings. The number of ether oxygens (including phenoxy) is 1. The van der Waals surface area contributed by atoms with Crippen LogP contribution in [0.15, 0.2) is 25.3 Å². The van der Waals surface area contributed by atoms with Crippen molar-refractivity contribution in [2.75, 3.05) is 7.11 Å². The average Bonchev–Trinajstić information content (AvgIpc) is 2.26. The van der Waals surface area contributed by atoms with Crippen LogP contribution in [0.5, 0.6) is 0 Å². The van der Waals surface area contributed by atoms with Crippen LogP contribution in [-0.2, 0) is 14.3 Å². The fraction of sp³-hybridized carbons (Fsp3) is 0.500. The number of carbonyl (C=O) groups is 2. The highest BCUT2D eigenvalue weighted by Crippen LogP contribution is 2.13. The quantitative estimate of drug-likeness (QED) is 0.350. The van der Waals surface area contributed by atoms with Gasteiger partial charge in [0, 0.05) is 6.42 Å². The number of ketones is 1. The number of esters is 1. The van der Waals surface area contributed by atoms with Gasteiger partial charge >= 0.3 is 5.97 Å².